The van der Waals surface area contributed by atoms with E-state index in [2.05, 4.69) is 17.6 Å². The second kappa shape index (κ2) is 7.43. The number of aromatic nitrogens is 1. The van der Waals surface area contributed by atoms with Gasteiger partial charge in [0.15, 0.2) is 22.5 Å². The molecule has 1 aromatic heterocycles. The molecule has 3 aliphatic rings. The number of thiol groups is 1. The summed E-state index contributed by atoms with van der Waals surface area (Å²) in [6.07, 6.45) is -3.49. The van der Waals surface area contributed by atoms with Crippen molar-refractivity contribution < 1.29 is 27.5 Å². The van der Waals surface area contributed by atoms with E-state index in [4.69, 9.17) is 15.7 Å². The number of hydrogen-bond donors (Lipinski definition) is 2. The summed E-state index contributed by atoms with van der Waals surface area (Å²) < 4.78 is 45.7. The van der Waals surface area contributed by atoms with E-state index in [1.807, 2.05) is 0 Å². The van der Waals surface area contributed by atoms with Gasteiger partial charge in [-0.1, -0.05) is 12.1 Å². The zero-order chi connectivity index (χ0) is 24.5. The molecule has 2 aliphatic heterocycles. The Morgan fingerprint density at radius 1 is 1.21 bits per heavy atom. The summed E-state index contributed by atoms with van der Waals surface area (Å²) in [5.74, 6) is -1.03. The third-order valence-electron chi connectivity index (χ3n) is 6.62. The van der Waals surface area contributed by atoms with E-state index in [1.54, 1.807) is 24.3 Å². The average molecular weight is 489 g/mol. The predicted molar refractivity (Wildman–Crippen MR) is 117 cm³/mol. The maximum absolute atomic E-state index is 13.5. The SMILES string of the molecule is N#Cc1ncc(N2C(=O)C3(CCC3=O)N(c3ccc(C4(N)COC4)cc3)C2S)cc1C(F)(F)F. The molecule has 0 bridgehead atoms. The van der Waals surface area contributed by atoms with Gasteiger partial charge in [-0.2, -0.15) is 18.4 Å². The highest BCUT2D eigenvalue weighted by atomic mass is 32.1. The van der Waals surface area contributed by atoms with Crippen LogP contribution in [0.4, 0.5) is 24.5 Å². The number of ketones is 1. The topological polar surface area (TPSA) is 113 Å². The fraction of sp³-hybridized carbons (Fsp3) is 0.364. The van der Waals surface area contributed by atoms with Crippen LogP contribution in [0.25, 0.3) is 0 Å². The Hall–Kier alpha value is -3.14. The summed E-state index contributed by atoms with van der Waals surface area (Å²) in [7, 11) is 0. The molecule has 3 fully saturated rings. The molecule has 0 radical (unpaired) electrons. The van der Waals surface area contributed by atoms with Gasteiger partial charge in [-0.25, -0.2) is 4.98 Å². The number of hydrogen-bond acceptors (Lipinski definition) is 8. The van der Waals surface area contributed by atoms with Gasteiger partial charge in [0.2, 0.25) is 0 Å². The molecule has 1 amide bonds. The number of Topliss-reactive ketones (excluding diaryl/α,β-unsaturated/α-hetero) is 1. The van der Waals surface area contributed by atoms with Gasteiger partial charge in [0, 0.05) is 12.1 Å². The highest BCUT2D eigenvalue weighted by Crippen LogP contribution is 2.49. The van der Waals surface area contributed by atoms with Gasteiger partial charge in [-0.3, -0.25) is 14.5 Å². The highest BCUT2D eigenvalue weighted by Gasteiger charge is 2.66. The summed E-state index contributed by atoms with van der Waals surface area (Å²) in [6.45, 7) is 0.736. The van der Waals surface area contributed by atoms with Crippen LogP contribution in [0, 0.1) is 11.3 Å². The normalized spacial score (nSPS) is 25.8. The molecule has 176 valence electrons. The van der Waals surface area contributed by atoms with E-state index >= 15 is 0 Å². The van der Waals surface area contributed by atoms with Crippen LogP contribution in [0.5, 0.6) is 0 Å². The number of carbonyl (C=O) groups is 2. The highest BCUT2D eigenvalue weighted by molar-refractivity contribution is 7.81. The van der Waals surface area contributed by atoms with Crippen molar-refractivity contribution in [1.82, 2.24) is 4.98 Å². The van der Waals surface area contributed by atoms with E-state index in [0.717, 1.165) is 16.7 Å². The molecule has 1 aromatic carbocycles. The standard InChI is InChI=1S/C22H18F3N5O3S/c23-22(24,25)15-7-14(9-28-16(15)8-26)29-18(32)21(6-5-17(21)31)30(19(29)34)13-3-1-12(2-4-13)20(27)10-33-11-20/h1-4,7,9,19,34H,5-6,10-11,27H2. The lowest BCUT2D eigenvalue weighted by atomic mass is 9.73. The maximum atomic E-state index is 13.5. The molecule has 12 heteroatoms. The Morgan fingerprint density at radius 3 is 2.35 bits per heavy atom. The number of nitrogens with zero attached hydrogens (tertiary/aromatic N) is 4. The molecule has 34 heavy (non-hydrogen) atoms. The van der Waals surface area contributed by atoms with Crippen LogP contribution in [0.2, 0.25) is 0 Å². The van der Waals surface area contributed by atoms with Crippen LogP contribution in [0.3, 0.4) is 0 Å². The first-order valence-corrected chi connectivity index (χ1v) is 10.8. The van der Waals surface area contributed by atoms with E-state index in [0.29, 0.717) is 25.0 Å². The predicted octanol–water partition coefficient (Wildman–Crippen LogP) is 2.32. The van der Waals surface area contributed by atoms with Crippen LogP contribution >= 0.6 is 12.6 Å². The third kappa shape index (κ3) is 3.04. The Bertz CT molecular complexity index is 1240. The molecule has 2 aromatic rings. The van der Waals surface area contributed by atoms with Crippen molar-refractivity contribution in [2.45, 2.75) is 35.6 Å². The van der Waals surface area contributed by atoms with Gasteiger partial charge in [-0.15, -0.1) is 12.6 Å². The lowest BCUT2D eigenvalue weighted by Gasteiger charge is -2.43. The van der Waals surface area contributed by atoms with Crippen LogP contribution in [0.1, 0.15) is 29.7 Å². The number of rotatable bonds is 3. The minimum atomic E-state index is -4.86. The summed E-state index contributed by atoms with van der Waals surface area (Å²) >= 11 is 4.53. The number of ether oxygens (including phenoxy) is 1. The molecule has 5 rings (SSSR count). The Morgan fingerprint density at radius 2 is 1.88 bits per heavy atom. The van der Waals surface area contributed by atoms with Crippen molar-refractivity contribution >= 4 is 35.7 Å². The number of carbonyl (C=O) groups excluding carboxylic acids is 2. The number of benzene rings is 1. The van der Waals surface area contributed by atoms with Crippen LogP contribution in [-0.4, -0.2) is 40.9 Å². The Labute approximate surface area is 197 Å². The van der Waals surface area contributed by atoms with Crippen molar-refractivity contribution in [3.63, 3.8) is 0 Å². The van der Waals surface area contributed by atoms with Crippen LogP contribution in [-0.2, 0) is 26.0 Å². The van der Waals surface area contributed by atoms with Gasteiger partial charge < -0.3 is 15.4 Å². The molecule has 1 spiro atoms. The second-order valence-electron chi connectivity index (χ2n) is 8.57. The molecule has 2 unspecified atom stereocenters. The Kier molecular flexibility index (Phi) is 4.95. The first kappa shape index (κ1) is 22.6. The molecule has 3 heterocycles. The average Bonchev–Trinajstić information content (AvgIpc) is 3.03. The molecular weight excluding hydrogens is 471 g/mol. The molecule has 1 aliphatic carbocycles. The first-order chi connectivity index (χ1) is 16.0. The Balaban J connectivity index is 1.57. The van der Waals surface area contributed by atoms with Gasteiger partial charge >= 0.3 is 6.18 Å². The minimum Gasteiger partial charge on any atom is -0.377 e. The third-order valence-corrected chi connectivity index (χ3v) is 7.09. The molecular formula is C22H18F3N5O3S. The quantitative estimate of drug-likeness (QED) is 0.503. The summed E-state index contributed by atoms with van der Waals surface area (Å²) in [5.41, 5.74) is 2.03. The minimum absolute atomic E-state index is 0.164. The molecule has 2 atom stereocenters. The number of halogens is 3. The van der Waals surface area contributed by atoms with Crippen molar-refractivity contribution in [3.8, 4) is 6.07 Å². The zero-order valence-electron chi connectivity index (χ0n) is 17.5. The van der Waals surface area contributed by atoms with Crippen molar-refractivity contribution in [1.29, 1.82) is 5.26 Å². The van der Waals surface area contributed by atoms with Crippen molar-refractivity contribution in [2.75, 3.05) is 23.0 Å². The fourth-order valence-corrected chi connectivity index (χ4v) is 5.17. The van der Waals surface area contributed by atoms with E-state index in [1.165, 1.54) is 11.0 Å². The van der Waals surface area contributed by atoms with Crippen molar-refractivity contribution in [2.24, 2.45) is 5.73 Å². The zero-order valence-corrected chi connectivity index (χ0v) is 18.4. The molecule has 2 saturated heterocycles. The fourth-order valence-electron chi connectivity index (χ4n) is 4.60. The maximum Gasteiger partial charge on any atom is 0.419 e. The van der Waals surface area contributed by atoms with Crippen LogP contribution < -0.4 is 15.5 Å². The van der Waals surface area contributed by atoms with Gasteiger partial charge in [0.1, 0.15) is 6.07 Å². The molecule has 2 N–H and O–H groups in total. The molecule has 1 saturated carbocycles. The summed E-state index contributed by atoms with van der Waals surface area (Å²) in [4.78, 5) is 32.4. The smallest absolute Gasteiger partial charge is 0.377 e. The van der Waals surface area contributed by atoms with E-state index in [-0.39, 0.29) is 24.3 Å². The van der Waals surface area contributed by atoms with Gasteiger partial charge in [0.05, 0.1) is 36.2 Å². The van der Waals surface area contributed by atoms with E-state index < -0.39 is 39.9 Å². The second-order valence-corrected chi connectivity index (χ2v) is 9.03. The van der Waals surface area contributed by atoms with Gasteiger partial charge in [0.25, 0.3) is 5.91 Å². The summed E-state index contributed by atoms with van der Waals surface area (Å²) in [6, 6.07) is 9.04. The number of alkyl halides is 3. The largest absolute Gasteiger partial charge is 0.419 e. The van der Waals surface area contributed by atoms with Crippen LogP contribution in [0.15, 0.2) is 36.5 Å². The van der Waals surface area contributed by atoms with Crippen molar-refractivity contribution in [3.05, 3.63) is 53.3 Å². The van der Waals surface area contributed by atoms with E-state index in [9.17, 15) is 22.8 Å². The molecule has 8 nitrogen and oxygen atoms in total. The summed E-state index contributed by atoms with van der Waals surface area (Å²) in [5, 5.41) is 9.02. The number of amides is 1. The first-order valence-electron chi connectivity index (χ1n) is 10.3. The monoisotopic (exact) mass is 489 g/mol. The number of pyridine rings is 1. The number of anilines is 2. The lowest BCUT2D eigenvalue weighted by molar-refractivity contribution is -0.140. The van der Waals surface area contributed by atoms with Gasteiger partial charge in [-0.05, 0) is 30.2 Å². The number of nitriles is 1. The lowest BCUT2D eigenvalue weighted by Crippen LogP contribution is -2.63. The number of nitrogens with two attached hydrogens (primary N) is 1.